The zero-order chi connectivity index (χ0) is 22.9. The molecule has 9 nitrogen and oxygen atoms in total. The van der Waals surface area contributed by atoms with E-state index in [9.17, 15) is 13.2 Å². The molecule has 0 bridgehead atoms. The molecular formula is C19H26N4O5S2. The van der Waals surface area contributed by atoms with E-state index in [0.29, 0.717) is 22.5 Å². The standard InChI is InChI=1S/C16H15N3O5S2.C2H6.CH5N/c1-23-11-4-7-14-13(8-11)18-16(25)19(14)26(21,22)12-5-2-10(3-6-12)24-9-15(17)20;2*1-2/h2-8H,9H2,1H3,(H2,17,20)(H,18,25);1-2H3;2H2,1H3. The second kappa shape index (κ2) is 11.3. The van der Waals surface area contributed by atoms with E-state index in [2.05, 4.69) is 10.7 Å². The first-order valence-electron chi connectivity index (χ1n) is 8.96. The van der Waals surface area contributed by atoms with Crippen LogP contribution in [0.5, 0.6) is 11.5 Å². The summed E-state index contributed by atoms with van der Waals surface area (Å²) < 4.78 is 37.3. The average Bonchev–Trinajstić information content (AvgIpc) is 3.10. The highest BCUT2D eigenvalue weighted by atomic mass is 32.2. The number of nitrogens with one attached hydrogen (secondary N) is 1. The predicted octanol–water partition coefficient (Wildman–Crippen LogP) is 2.41. The molecular weight excluding hydrogens is 428 g/mol. The van der Waals surface area contributed by atoms with E-state index in [0.717, 1.165) is 3.97 Å². The van der Waals surface area contributed by atoms with Crippen LogP contribution in [0.2, 0.25) is 0 Å². The largest absolute Gasteiger partial charge is 0.497 e. The Kier molecular flexibility index (Phi) is 9.50. The lowest BCUT2D eigenvalue weighted by Crippen LogP contribution is -2.20. The fraction of sp³-hybridized carbons (Fsp3) is 0.263. The number of nitrogens with zero attached hydrogens (tertiary/aromatic N) is 1. The summed E-state index contributed by atoms with van der Waals surface area (Å²) in [6, 6.07) is 10.6. The number of aromatic nitrogens is 2. The number of imidazole rings is 1. The number of carbonyl (C=O) groups excluding carboxylic acids is 1. The number of H-pyrrole nitrogens is 1. The summed E-state index contributed by atoms with van der Waals surface area (Å²) >= 11 is 5.19. The van der Waals surface area contributed by atoms with Gasteiger partial charge in [-0.05, 0) is 55.7 Å². The minimum atomic E-state index is -3.93. The molecule has 5 N–H and O–H groups in total. The number of benzene rings is 2. The normalized spacial score (nSPS) is 10.3. The Morgan fingerprint density at radius 3 is 2.20 bits per heavy atom. The molecule has 0 saturated carbocycles. The number of methoxy groups -OCH3 is 1. The molecule has 0 aliphatic rings. The number of ether oxygens (including phenoxy) is 2. The average molecular weight is 455 g/mol. The fourth-order valence-corrected chi connectivity index (χ4v) is 4.28. The van der Waals surface area contributed by atoms with E-state index in [-0.39, 0.29) is 16.3 Å². The lowest BCUT2D eigenvalue weighted by molar-refractivity contribution is -0.119. The van der Waals surface area contributed by atoms with Crippen LogP contribution in [0.3, 0.4) is 0 Å². The number of amides is 1. The zero-order valence-corrected chi connectivity index (χ0v) is 18.8. The van der Waals surface area contributed by atoms with Gasteiger partial charge >= 0.3 is 0 Å². The number of aromatic amines is 1. The molecule has 164 valence electrons. The van der Waals surface area contributed by atoms with Gasteiger partial charge in [-0.25, -0.2) is 12.4 Å². The van der Waals surface area contributed by atoms with Crippen molar-refractivity contribution in [3.63, 3.8) is 0 Å². The van der Waals surface area contributed by atoms with Gasteiger partial charge in [0.2, 0.25) is 0 Å². The summed E-state index contributed by atoms with van der Waals surface area (Å²) in [6.07, 6.45) is 0. The highest BCUT2D eigenvalue weighted by Gasteiger charge is 2.21. The molecule has 1 heterocycles. The van der Waals surface area contributed by atoms with E-state index in [1.807, 2.05) is 13.8 Å². The minimum Gasteiger partial charge on any atom is -0.497 e. The molecule has 0 aliphatic heterocycles. The van der Waals surface area contributed by atoms with Gasteiger partial charge in [0.25, 0.3) is 15.9 Å². The van der Waals surface area contributed by atoms with Gasteiger partial charge in [-0.1, -0.05) is 13.8 Å². The Balaban J connectivity index is 0.00000106. The van der Waals surface area contributed by atoms with Crippen molar-refractivity contribution >= 4 is 39.2 Å². The van der Waals surface area contributed by atoms with Crippen molar-refractivity contribution in [2.24, 2.45) is 11.5 Å². The molecule has 0 unspecified atom stereocenters. The van der Waals surface area contributed by atoms with E-state index >= 15 is 0 Å². The second-order valence-corrected chi connectivity index (χ2v) is 7.48. The number of carbonyl (C=O) groups is 1. The maximum Gasteiger partial charge on any atom is 0.270 e. The topological polar surface area (TPSA) is 142 Å². The van der Waals surface area contributed by atoms with Gasteiger partial charge in [0.15, 0.2) is 11.4 Å². The smallest absolute Gasteiger partial charge is 0.270 e. The van der Waals surface area contributed by atoms with Crippen molar-refractivity contribution in [1.29, 1.82) is 0 Å². The number of rotatable bonds is 6. The van der Waals surface area contributed by atoms with Crippen molar-refractivity contribution in [3.8, 4) is 11.5 Å². The Labute approximate surface area is 180 Å². The zero-order valence-electron chi connectivity index (χ0n) is 17.2. The first kappa shape index (κ1) is 25.1. The molecule has 1 amide bonds. The molecule has 11 heteroatoms. The van der Waals surface area contributed by atoms with Crippen molar-refractivity contribution < 1.29 is 22.7 Å². The van der Waals surface area contributed by atoms with Crippen LogP contribution in [0.25, 0.3) is 11.0 Å². The SMILES string of the molecule is CC.CN.COc1ccc2c(c1)[nH]c(=S)n2S(=O)(=O)c1ccc(OCC(N)=O)cc1. The number of primary amides is 1. The third-order valence-corrected chi connectivity index (χ3v) is 5.72. The maximum absolute atomic E-state index is 13.0. The van der Waals surface area contributed by atoms with Crippen LogP contribution in [0, 0.1) is 4.77 Å². The highest BCUT2D eigenvalue weighted by molar-refractivity contribution is 7.90. The summed E-state index contributed by atoms with van der Waals surface area (Å²) in [7, 11) is -0.908. The highest BCUT2D eigenvalue weighted by Crippen LogP contribution is 2.25. The number of hydrogen-bond donors (Lipinski definition) is 3. The van der Waals surface area contributed by atoms with Gasteiger partial charge in [-0.15, -0.1) is 0 Å². The Morgan fingerprint density at radius 2 is 1.67 bits per heavy atom. The molecule has 0 fully saturated rings. The molecule has 2 aromatic carbocycles. The number of hydrogen-bond acceptors (Lipinski definition) is 7. The van der Waals surface area contributed by atoms with Crippen molar-refractivity contribution in [1.82, 2.24) is 8.96 Å². The van der Waals surface area contributed by atoms with Gasteiger partial charge in [0.05, 0.1) is 23.0 Å². The van der Waals surface area contributed by atoms with E-state index in [1.54, 1.807) is 18.2 Å². The lowest BCUT2D eigenvalue weighted by Gasteiger charge is -2.09. The molecule has 1 aromatic heterocycles. The predicted molar refractivity (Wildman–Crippen MR) is 119 cm³/mol. The van der Waals surface area contributed by atoms with E-state index < -0.39 is 15.9 Å². The van der Waals surface area contributed by atoms with Gasteiger partial charge in [-0.3, -0.25) is 4.79 Å². The van der Waals surface area contributed by atoms with Crippen LogP contribution in [-0.4, -0.2) is 44.0 Å². The van der Waals surface area contributed by atoms with Crippen LogP contribution in [0.1, 0.15) is 13.8 Å². The quantitative estimate of drug-likeness (QED) is 0.485. The van der Waals surface area contributed by atoms with Crippen LogP contribution in [-0.2, 0) is 14.8 Å². The third kappa shape index (κ3) is 5.59. The van der Waals surface area contributed by atoms with Crippen LogP contribution in [0.15, 0.2) is 47.4 Å². The summed E-state index contributed by atoms with van der Waals surface area (Å²) in [6.45, 7) is 3.71. The molecule has 30 heavy (non-hydrogen) atoms. The molecule has 3 aromatic rings. The molecule has 3 rings (SSSR count). The molecule has 0 saturated heterocycles. The molecule has 0 radical (unpaired) electrons. The first-order valence-corrected chi connectivity index (χ1v) is 10.8. The molecule has 0 spiro atoms. The first-order chi connectivity index (χ1) is 14.3. The van der Waals surface area contributed by atoms with E-state index in [1.165, 1.54) is 38.4 Å². The molecule has 0 aliphatic carbocycles. The van der Waals surface area contributed by atoms with Crippen LogP contribution in [0.4, 0.5) is 0 Å². The Morgan fingerprint density at radius 1 is 1.10 bits per heavy atom. The maximum atomic E-state index is 13.0. The Hall–Kier alpha value is -2.89. The number of fused-ring (bicyclic) bond motifs is 1. The van der Waals surface area contributed by atoms with Gasteiger partial charge in [0.1, 0.15) is 11.5 Å². The summed E-state index contributed by atoms with van der Waals surface area (Å²) in [5.74, 6) is 0.284. The summed E-state index contributed by atoms with van der Waals surface area (Å²) in [4.78, 5) is 13.6. The fourth-order valence-electron chi connectivity index (χ4n) is 2.40. The van der Waals surface area contributed by atoms with Crippen molar-refractivity contribution in [3.05, 3.63) is 47.2 Å². The minimum absolute atomic E-state index is 0.0248. The third-order valence-electron chi connectivity index (χ3n) is 3.59. The Bertz CT molecular complexity index is 1140. The molecule has 0 atom stereocenters. The lowest BCUT2D eigenvalue weighted by atomic mass is 10.3. The van der Waals surface area contributed by atoms with Crippen molar-refractivity contribution in [2.75, 3.05) is 20.8 Å². The second-order valence-electron chi connectivity index (χ2n) is 5.31. The number of nitrogens with two attached hydrogens (primary N) is 2. The van der Waals surface area contributed by atoms with Crippen LogP contribution >= 0.6 is 12.2 Å². The van der Waals surface area contributed by atoms with Crippen LogP contribution < -0.4 is 20.9 Å². The monoisotopic (exact) mass is 454 g/mol. The van der Waals surface area contributed by atoms with Gasteiger partial charge < -0.3 is 25.9 Å². The van der Waals surface area contributed by atoms with E-state index in [4.69, 9.17) is 27.4 Å². The summed E-state index contributed by atoms with van der Waals surface area (Å²) in [5.41, 5.74) is 10.5. The summed E-state index contributed by atoms with van der Waals surface area (Å²) in [5, 5.41) is 0. The van der Waals surface area contributed by atoms with Gasteiger partial charge in [-0.2, -0.15) is 0 Å². The van der Waals surface area contributed by atoms with Gasteiger partial charge in [0, 0.05) is 6.07 Å². The van der Waals surface area contributed by atoms with Crippen molar-refractivity contribution in [2.45, 2.75) is 18.7 Å².